The van der Waals surface area contributed by atoms with E-state index in [9.17, 15) is 13.6 Å². The van der Waals surface area contributed by atoms with Crippen molar-refractivity contribution < 1.29 is 18.3 Å². The second-order valence-electron chi connectivity index (χ2n) is 5.87. The van der Waals surface area contributed by atoms with Crippen molar-refractivity contribution in [3.63, 3.8) is 0 Å². The van der Waals surface area contributed by atoms with Crippen LogP contribution in [-0.4, -0.2) is 35.9 Å². The number of esters is 1. The lowest BCUT2D eigenvalue weighted by Gasteiger charge is -2.18. The van der Waals surface area contributed by atoms with Crippen LogP contribution < -0.4 is 4.90 Å². The number of hydrogen-bond acceptors (Lipinski definition) is 4. The fourth-order valence-electron chi connectivity index (χ4n) is 3.09. The summed E-state index contributed by atoms with van der Waals surface area (Å²) in [6.45, 7) is 3.32. The first-order valence-electron chi connectivity index (χ1n) is 7.81. The summed E-state index contributed by atoms with van der Waals surface area (Å²) in [5.41, 5.74) is 1.87. The Morgan fingerprint density at radius 3 is 2.75 bits per heavy atom. The summed E-state index contributed by atoms with van der Waals surface area (Å²) in [6, 6.07) is 5.50. The summed E-state index contributed by atoms with van der Waals surface area (Å²) >= 11 is 0. The van der Waals surface area contributed by atoms with Gasteiger partial charge < -0.3 is 9.64 Å². The van der Waals surface area contributed by atoms with Crippen LogP contribution in [0.1, 0.15) is 35.5 Å². The summed E-state index contributed by atoms with van der Waals surface area (Å²) in [5, 5.41) is 4.08. The van der Waals surface area contributed by atoms with Crippen LogP contribution in [0, 0.1) is 0 Å². The molecule has 0 N–H and O–H groups in total. The molecule has 1 aliphatic rings. The van der Waals surface area contributed by atoms with Crippen LogP contribution in [0.5, 0.6) is 0 Å². The third-order valence-corrected chi connectivity index (χ3v) is 4.14. The van der Waals surface area contributed by atoms with Crippen LogP contribution in [0.3, 0.4) is 0 Å². The van der Waals surface area contributed by atoms with E-state index in [0.717, 1.165) is 37.3 Å². The number of rotatable bonds is 4. The number of carbonyl (C=O) groups excluding carboxylic acids is 1. The first kappa shape index (κ1) is 16.4. The minimum Gasteiger partial charge on any atom is -0.462 e. The fourth-order valence-corrected chi connectivity index (χ4v) is 3.09. The third kappa shape index (κ3) is 2.64. The number of nitrogens with zero attached hydrogens (tertiary/aromatic N) is 3. The highest BCUT2D eigenvalue weighted by atomic mass is 19.3. The number of benzene rings is 1. The second kappa shape index (κ2) is 5.89. The maximum absolute atomic E-state index is 14.2. The van der Waals surface area contributed by atoms with Gasteiger partial charge in [0.1, 0.15) is 11.3 Å². The highest BCUT2D eigenvalue weighted by Crippen LogP contribution is 2.36. The van der Waals surface area contributed by atoms with Gasteiger partial charge in [-0.05, 0) is 25.5 Å². The van der Waals surface area contributed by atoms with E-state index < -0.39 is 17.6 Å². The van der Waals surface area contributed by atoms with Crippen LogP contribution in [0.15, 0.2) is 24.4 Å². The van der Waals surface area contributed by atoms with Crippen molar-refractivity contribution in [2.45, 2.75) is 26.2 Å². The molecule has 3 rings (SSSR count). The lowest BCUT2D eigenvalue weighted by molar-refractivity contribution is 0.00752. The number of anilines is 1. The summed E-state index contributed by atoms with van der Waals surface area (Å²) in [7, 11) is 1.96. The minimum atomic E-state index is -3.23. The van der Waals surface area contributed by atoms with Crippen LogP contribution in [0.25, 0.3) is 5.69 Å². The van der Waals surface area contributed by atoms with Gasteiger partial charge in [-0.3, -0.25) is 0 Å². The number of carbonyl (C=O) groups is 1. The average Bonchev–Trinajstić information content (AvgIpc) is 3.11. The molecule has 0 spiro atoms. The first-order valence-corrected chi connectivity index (χ1v) is 7.81. The molecule has 2 heterocycles. The topological polar surface area (TPSA) is 47.4 Å². The molecule has 2 aromatic rings. The molecule has 0 saturated carbocycles. The van der Waals surface area contributed by atoms with Crippen molar-refractivity contribution in [2.75, 3.05) is 25.1 Å². The highest BCUT2D eigenvalue weighted by Gasteiger charge is 2.37. The predicted octanol–water partition coefficient (Wildman–Crippen LogP) is 3.15. The van der Waals surface area contributed by atoms with Gasteiger partial charge in [0.2, 0.25) is 0 Å². The van der Waals surface area contributed by atoms with Crippen molar-refractivity contribution in [1.29, 1.82) is 0 Å². The highest BCUT2D eigenvalue weighted by molar-refractivity contribution is 5.91. The molecule has 128 valence electrons. The summed E-state index contributed by atoms with van der Waals surface area (Å²) in [6.07, 6.45) is 1.90. The molecule has 1 aromatic carbocycles. The molecule has 24 heavy (non-hydrogen) atoms. The molecule has 0 amide bonds. The third-order valence-electron chi connectivity index (χ3n) is 4.14. The van der Waals surface area contributed by atoms with Gasteiger partial charge in [-0.25, -0.2) is 9.48 Å². The van der Waals surface area contributed by atoms with Crippen molar-refractivity contribution >= 4 is 11.7 Å². The molecule has 0 bridgehead atoms. The number of fused-ring (bicyclic) bond motifs is 1. The molecule has 0 aliphatic carbocycles. The Morgan fingerprint density at radius 1 is 1.38 bits per heavy atom. The van der Waals surface area contributed by atoms with Crippen molar-refractivity contribution in [1.82, 2.24) is 9.78 Å². The molecule has 7 heteroatoms. The monoisotopic (exact) mass is 335 g/mol. The smallest absolute Gasteiger partial charge is 0.341 e. The van der Waals surface area contributed by atoms with Crippen LogP contribution >= 0.6 is 0 Å². The Labute approximate surface area is 138 Å². The SMILES string of the molecule is CCOC(=O)c1cnn(-c2cccc3c2CCN3C)c1C(C)(F)F. The Bertz CT molecular complexity index is 781. The molecule has 1 aliphatic heterocycles. The molecule has 0 radical (unpaired) electrons. The molecule has 5 nitrogen and oxygen atoms in total. The van der Waals surface area contributed by atoms with Gasteiger partial charge in [0.15, 0.2) is 0 Å². The van der Waals surface area contributed by atoms with Crippen molar-refractivity contribution in [3.8, 4) is 5.69 Å². The van der Waals surface area contributed by atoms with Gasteiger partial charge in [-0.2, -0.15) is 13.9 Å². The summed E-state index contributed by atoms with van der Waals surface area (Å²) < 4.78 is 34.5. The summed E-state index contributed by atoms with van der Waals surface area (Å²) in [5.74, 6) is -4.02. The molecular formula is C17H19F2N3O2. The predicted molar refractivity (Wildman–Crippen MR) is 86.1 cm³/mol. The van der Waals surface area contributed by atoms with E-state index in [-0.39, 0.29) is 12.2 Å². The number of alkyl halides is 2. The molecule has 1 aromatic heterocycles. The zero-order valence-electron chi connectivity index (χ0n) is 13.8. The van der Waals surface area contributed by atoms with E-state index in [4.69, 9.17) is 4.74 Å². The van der Waals surface area contributed by atoms with E-state index in [2.05, 4.69) is 10.00 Å². The van der Waals surface area contributed by atoms with Crippen LogP contribution in [0.4, 0.5) is 14.5 Å². The van der Waals surface area contributed by atoms with Gasteiger partial charge in [0.05, 0.1) is 18.5 Å². The Kier molecular flexibility index (Phi) is 4.03. The van der Waals surface area contributed by atoms with E-state index in [0.29, 0.717) is 5.69 Å². The largest absolute Gasteiger partial charge is 0.462 e. The fraction of sp³-hybridized carbons (Fsp3) is 0.412. The Balaban J connectivity index is 2.19. The molecular weight excluding hydrogens is 316 g/mol. The van der Waals surface area contributed by atoms with Gasteiger partial charge in [0, 0.05) is 31.8 Å². The number of hydrogen-bond donors (Lipinski definition) is 0. The Hall–Kier alpha value is -2.44. The van der Waals surface area contributed by atoms with Gasteiger partial charge in [0.25, 0.3) is 5.92 Å². The quantitative estimate of drug-likeness (QED) is 0.806. The normalized spacial score (nSPS) is 14.0. The minimum absolute atomic E-state index is 0.115. The molecule has 0 unspecified atom stereocenters. The first-order chi connectivity index (χ1) is 11.3. The van der Waals surface area contributed by atoms with Crippen molar-refractivity contribution in [2.24, 2.45) is 0 Å². The molecule has 0 atom stereocenters. The maximum atomic E-state index is 14.2. The van der Waals surface area contributed by atoms with Crippen LogP contribution in [-0.2, 0) is 17.1 Å². The maximum Gasteiger partial charge on any atom is 0.341 e. The molecule has 0 saturated heterocycles. The average molecular weight is 335 g/mol. The lowest BCUT2D eigenvalue weighted by Crippen LogP contribution is -2.20. The van der Waals surface area contributed by atoms with Crippen LogP contribution in [0.2, 0.25) is 0 Å². The summed E-state index contributed by atoms with van der Waals surface area (Å²) in [4.78, 5) is 14.1. The van der Waals surface area contributed by atoms with Gasteiger partial charge in [-0.1, -0.05) is 6.07 Å². The zero-order valence-corrected chi connectivity index (χ0v) is 13.8. The van der Waals surface area contributed by atoms with E-state index in [1.54, 1.807) is 19.1 Å². The van der Waals surface area contributed by atoms with Gasteiger partial charge >= 0.3 is 5.97 Å². The number of likely N-dealkylation sites (N-methyl/N-ethyl adjacent to an activating group) is 1. The number of aromatic nitrogens is 2. The second-order valence-corrected chi connectivity index (χ2v) is 5.87. The molecule has 0 fully saturated rings. The standard InChI is InChI=1S/C17H19F2N3O2/c1-4-24-16(23)12-10-20-22(15(12)17(2,18)19)14-7-5-6-13-11(14)8-9-21(13)3/h5-7,10H,4,8-9H2,1-3H3. The van der Waals surface area contributed by atoms with E-state index in [1.165, 1.54) is 4.68 Å². The van der Waals surface area contributed by atoms with E-state index in [1.807, 2.05) is 13.1 Å². The van der Waals surface area contributed by atoms with Gasteiger partial charge in [-0.15, -0.1) is 0 Å². The van der Waals surface area contributed by atoms with Crippen molar-refractivity contribution in [3.05, 3.63) is 41.2 Å². The Morgan fingerprint density at radius 2 is 2.08 bits per heavy atom. The number of halogens is 2. The lowest BCUT2D eigenvalue weighted by atomic mass is 10.1. The zero-order chi connectivity index (χ0) is 17.5. The number of ether oxygens (including phenoxy) is 1. The van der Waals surface area contributed by atoms with E-state index >= 15 is 0 Å².